The van der Waals surface area contributed by atoms with Crippen molar-refractivity contribution >= 4 is 23.8 Å². The van der Waals surface area contributed by atoms with Crippen molar-refractivity contribution in [2.24, 2.45) is 5.16 Å². The van der Waals surface area contributed by atoms with E-state index in [0.717, 1.165) is 10.8 Å². The minimum atomic E-state index is -3.63. The number of benzene rings is 2. The summed E-state index contributed by atoms with van der Waals surface area (Å²) >= 11 is 0. The Morgan fingerprint density at radius 3 is 2.29 bits per heavy atom. The first kappa shape index (κ1) is 15.7. The highest BCUT2D eigenvalue weighted by atomic mass is 31.2. The predicted octanol–water partition coefficient (Wildman–Crippen LogP) is 4.24. The molecule has 0 unspecified atom stereocenters. The Morgan fingerprint density at radius 2 is 1.71 bits per heavy atom. The van der Waals surface area contributed by atoms with Gasteiger partial charge in [0.15, 0.2) is 5.45 Å². The molecular formula is C15H18NO4P. The lowest BCUT2D eigenvalue weighted by Crippen LogP contribution is -2.09. The molecule has 21 heavy (non-hydrogen) atoms. The second-order valence-electron chi connectivity index (χ2n) is 4.32. The van der Waals surface area contributed by atoms with Gasteiger partial charge in [-0.1, -0.05) is 41.6 Å². The first-order valence-electron chi connectivity index (χ1n) is 6.75. The molecule has 1 N–H and O–H groups in total. The van der Waals surface area contributed by atoms with Crippen molar-refractivity contribution in [2.45, 2.75) is 13.8 Å². The molecule has 2 rings (SSSR count). The number of hydrogen-bond donors (Lipinski definition) is 1. The summed E-state index contributed by atoms with van der Waals surface area (Å²) in [5, 5.41) is 14.5. The van der Waals surface area contributed by atoms with E-state index in [1.165, 1.54) is 0 Å². The number of fused-ring (bicyclic) bond motifs is 1. The van der Waals surface area contributed by atoms with Crippen molar-refractivity contribution in [1.82, 2.24) is 0 Å². The van der Waals surface area contributed by atoms with Gasteiger partial charge in [-0.05, 0) is 30.7 Å². The normalized spacial score (nSPS) is 12.8. The van der Waals surface area contributed by atoms with Gasteiger partial charge in [0.1, 0.15) is 0 Å². The van der Waals surface area contributed by atoms with Gasteiger partial charge in [0.2, 0.25) is 0 Å². The fraction of sp³-hybridized carbons (Fsp3) is 0.267. The highest BCUT2D eigenvalue weighted by molar-refractivity contribution is 7.73. The van der Waals surface area contributed by atoms with Crippen molar-refractivity contribution in [3.05, 3.63) is 48.0 Å². The summed E-state index contributed by atoms with van der Waals surface area (Å²) < 4.78 is 23.2. The molecule has 0 amide bonds. The van der Waals surface area contributed by atoms with Crippen molar-refractivity contribution in [2.75, 3.05) is 13.2 Å². The minimum Gasteiger partial charge on any atom is -0.410 e. The van der Waals surface area contributed by atoms with Crippen LogP contribution in [0.25, 0.3) is 10.8 Å². The maximum Gasteiger partial charge on any atom is 0.383 e. The van der Waals surface area contributed by atoms with Gasteiger partial charge >= 0.3 is 7.60 Å². The Labute approximate surface area is 123 Å². The van der Waals surface area contributed by atoms with Gasteiger partial charge in [0.05, 0.1) is 13.2 Å². The maximum absolute atomic E-state index is 12.7. The van der Waals surface area contributed by atoms with Crippen LogP contribution in [0.15, 0.2) is 47.6 Å². The summed E-state index contributed by atoms with van der Waals surface area (Å²) in [6.45, 7) is 3.82. The van der Waals surface area contributed by atoms with E-state index < -0.39 is 7.60 Å². The molecule has 0 bridgehead atoms. The first-order valence-corrected chi connectivity index (χ1v) is 8.29. The zero-order chi connectivity index (χ0) is 15.3. The lowest BCUT2D eigenvalue weighted by molar-refractivity contribution is 0.230. The molecule has 2 aromatic rings. The molecule has 0 saturated heterocycles. The lowest BCUT2D eigenvalue weighted by atomic mass is 10.1. The smallest absolute Gasteiger partial charge is 0.383 e. The quantitative estimate of drug-likeness (QED) is 0.375. The van der Waals surface area contributed by atoms with Crippen LogP contribution in [0, 0.1) is 0 Å². The largest absolute Gasteiger partial charge is 0.410 e. The molecule has 0 heterocycles. The number of rotatable bonds is 6. The van der Waals surface area contributed by atoms with Gasteiger partial charge in [-0.3, -0.25) is 4.57 Å². The highest BCUT2D eigenvalue weighted by Gasteiger charge is 2.33. The van der Waals surface area contributed by atoms with E-state index in [0.29, 0.717) is 5.56 Å². The molecule has 112 valence electrons. The van der Waals surface area contributed by atoms with Crippen LogP contribution in [0.4, 0.5) is 0 Å². The molecule has 0 aromatic heterocycles. The summed E-state index contributed by atoms with van der Waals surface area (Å²) in [4.78, 5) is 0. The first-order chi connectivity index (χ1) is 10.1. The molecule has 2 aromatic carbocycles. The molecule has 5 nitrogen and oxygen atoms in total. The van der Waals surface area contributed by atoms with E-state index in [1.807, 2.05) is 30.3 Å². The monoisotopic (exact) mass is 307 g/mol. The Bertz CT molecular complexity index is 689. The zero-order valence-electron chi connectivity index (χ0n) is 12.0. The Kier molecular flexibility index (Phi) is 5.12. The molecule has 0 atom stereocenters. The standard InChI is InChI=1S/C15H18NO4P/c1-3-19-21(18,20-4-2)15(16-17)14-10-9-12-7-5-6-8-13(12)11-14/h5-11,17H,3-4H2,1-2H3/b16-15+. The zero-order valence-corrected chi connectivity index (χ0v) is 12.9. The third-order valence-electron chi connectivity index (χ3n) is 2.96. The minimum absolute atomic E-state index is 0.0723. The highest BCUT2D eigenvalue weighted by Crippen LogP contribution is 2.51. The van der Waals surface area contributed by atoms with Crippen LogP contribution in [-0.4, -0.2) is 23.9 Å². The van der Waals surface area contributed by atoms with E-state index in [1.54, 1.807) is 26.0 Å². The Morgan fingerprint density at radius 1 is 1.10 bits per heavy atom. The van der Waals surface area contributed by atoms with E-state index >= 15 is 0 Å². The molecule has 0 aliphatic rings. The summed E-state index contributed by atoms with van der Waals surface area (Å²) in [5.74, 6) is 0. The van der Waals surface area contributed by atoms with Crippen molar-refractivity contribution in [3.8, 4) is 0 Å². The van der Waals surface area contributed by atoms with Crippen molar-refractivity contribution in [1.29, 1.82) is 0 Å². The van der Waals surface area contributed by atoms with Crippen LogP contribution in [0.1, 0.15) is 19.4 Å². The third kappa shape index (κ3) is 3.32. The van der Waals surface area contributed by atoms with E-state index in [-0.39, 0.29) is 18.7 Å². The van der Waals surface area contributed by atoms with Gasteiger partial charge in [-0.2, -0.15) is 0 Å². The average molecular weight is 307 g/mol. The van der Waals surface area contributed by atoms with Crippen LogP contribution < -0.4 is 0 Å². The third-order valence-corrected chi connectivity index (χ3v) is 5.02. The van der Waals surface area contributed by atoms with E-state index in [2.05, 4.69) is 5.16 Å². The Balaban J connectivity index is 2.50. The van der Waals surface area contributed by atoms with Gasteiger partial charge < -0.3 is 14.3 Å². The average Bonchev–Trinajstić information content (AvgIpc) is 2.48. The molecule has 0 aliphatic carbocycles. The van der Waals surface area contributed by atoms with Crippen LogP contribution >= 0.6 is 7.60 Å². The van der Waals surface area contributed by atoms with Gasteiger partial charge in [-0.15, -0.1) is 0 Å². The second kappa shape index (κ2) is 6.85. The molecule has 0 saturated carbocycles. The van der Waals surface area contributed by atoms with Gasteiger partial charge in [0.25, 0.3) is 0 Å². The molecule has 0 aliphatic heterocycles. The lowest BCUT2D eigenvalue weighted by Gasteiger charge is -2.18. The Hall–Kier alpha value is -1.68. The number of oxime groups is 1. The maximum atomic E-state index is 12.7. The summed E-state index contributed by atoms with van der Waals surface area (Å²) in [6, 6.07) is 13.2. The van der Waals surface area contributed by atoms with Gasteiger partial charge in [-0.25, -0.2) is 0 Å². The molecule has 6 heteroatoms. The summed E-state index contributed by atoms with van der Waals surface area (Å²) in [7, 11) is -3.63. The second-order valence-corrected chi connectivity index (χ2v) is 6.25. The van der Waals surface area contributed by atoms with E-state index in [4.69, 9.17) is 9.05 Å². The van der Waals surface area contributed by atoms with Crippen LogP contribution in [0.5, 0.6) is 0 Å². The number of nitrogens with zero attached hydrogens (tertiary/aromatic N) is 1. The van der Waals surface area contributed by atoms with Crippen LogP contribution in [-0.2, 0) is 13.6 Å². The fourth-order valence-corrected chi connectivity index (χ4v) is 3.66. The molecule has 0 spiro atoms. The topological polar surface area (TPSA) is 68.1 Å². The van der Waals surface area contributed by atoms with Gasteiger partial charge in [0, 0.05) is 5.56 Å². The summed E-state index contributed by atoms with van der Waals surface area (Å²) in [5.41, 5.74) is 0.443. The van der Waals surface area contributed by atoms with Crippen LogP contribution in [0.3, 0.4) is 0 Å². The summed E-state index contributed by atoms with van der Waals surface area (Å²) in [6.07, 6.45) is 0. The van der Waals surface area contributed by atoms with Crippen LogP contribution in [0.2, 0.25) is 0 Å². The molecular weight excluding hydrogens is 289 g/mol. The van der Waals surface area contributed by atoms with Crippen molar-refractivity contribution < 1.29 is 18.8 Å². The fourth-order valence-electron chi connectivity index (χ4n) is 2.10. The molecule has 0 radical (unpaired) electrons. The SMILES string of the molecule is CCOP(=O)(OCC)/C(=N/O)c1ccc2ccccc2c1. The molecule has 0 fully saturated rings. The predicted molar refractivity (Wildman–Crippen MR) is 83.1 cm³/mol. The van der Waals surface area contributed by atoms with E-state index in [9.17, 15) is 9.77 Å². The number of hydrogen-bond acceptors (Lipinski definition) is 5. The van der Waals surface area contributed by atoms with Crippen molar-refractivity contribution in [3.63, 3.8) is 0 Å².